The molecule has 0 aromatic carbocycles. The van der Waals surface area contributed by atoms with Gasteiger partial charge in [0.1, 0.15) is 5.69 Å². The van der Waals surface area contributed by atoms with E-state index in [9.17, 15) is 4.79 Å². The molecule has 2 heterocycles. The van der Waals surface area contributed by atoms with Crippen LogP contribution in [0.2, 0.25) is 0 Å². The lowest BCUT2D eigenvalue weighted by atomic mass is 9.74. The highest BCUT2D eigenvalue weighted by atomic mass is 32.1. The van der Waals surface area contributed by atoms with E-state index in [1.165, 1.54) is 25.7 Å². The van der Waals surface area contributed by atoms with E-state index in [0.29, 0.717) is 11.1 Å². The molecule has 4 heteroatoms. The van der Waals surface area contributed by atoms with E-state index in [0.717, 1.165) is 18.2 Å². The minimum Gasteiger partial charge on any atom is -0.348 e. The summed E-state index contributed by atoms with van der Waals surface area (Å²) < 4.78 is 0. The monoisotopic (exact) mass is 266 g/mol. The molecule has 0 bridgehead atoms. The molecule has 0 aliphatic carbocycles. The highest BCUT2D eigenvalue weighted by Gasteiger charge is 2.32. The average Bonchev–Trinajstić information content (AvgIpc) is 2.88. The van der Waals surface area contributed by atoms with E-state index in [-0.39, 0.29) is 5.78 Å². The first kappa shape index (κ1) is 13.5. The SMILES string of the molecule is CCC1(CC)CCN(c2nc(C(C)=O)cs2)CC1. The Bertz CT molecular complexity index is 413. The van der Waals surface area contributed by atoms with Crippen molar-refractivity contribution in [2.45, 2.75) is 46.5 Å². The molecular formula is C14H22N2OS. The molecule has 2 rings (SSSR count). The largest absolute Gasteiger partial charge is 0.348 e. The second kappa shape index (κ2) is 5.39. The molecule has 1 aliphatic rings. The molecule has 0 radical (unpaired) electrons. The quantitative estimate of drug-likeness (QED) is 0.778. The summed E-state index contributed by atoms with van der Waals surface area (Å²) in [7, 11) is 0. The molecule has 1 aliphatic heterocycles. The molecule has 1 aromatic rings. The number of hydrogen-bond acceptors (Lipinski definition) is 4. The summed E-state index contributed by atoms with van der Waals surface area (Å²) in [5.41, 5.74) is 1.15. The van der Waals surface area contributed by atoms with E-state index in [4.69, 9.17) is 0 Å². The number of ketones is 1. The van der Waals surface area contributed by atoms with E-state index < -0.39 is 0 Å². The van der Waals surface area contributed by atoms with Crippen molar-refractivity contribution in [3.63, 3.8) is 0 Å². The topological polar surface area (TPSA) is 33.2 Å². The van der Waals surface area contributed by atoms with Crippen LogP contribution in [0.25, 0.3) is 0 Å². The molecule has 0 amide bonds. The summed E-state index contributed by atoms with van der Waals surface area (Å²) >= 11 is 1.59. The van der Waals surface area contributed by atoms with E-state index in [1.807, 2.05) is 5.38 Å². The molecule has 0 spiro atoms. The van der Waals surface area contributed by atoms with E-state index in [1.54, 1.807) is 18.3 Å². The zero-order valence-corrected chi connectivity index (χ0v) is 12.3. The van der Waals surface area contributed by atoms with Crippen molar-refractivity contribution in [1.29, 1.82) is 0 Å². The molecular weight excluding hydrogens is 244 g/mol. The molecule has 1 fully saturated rings. The summed E-state index contributed by atoms with van der Waals surface area (Å²) in [5.74, 6) is 0.0611. The summed E-state index contributed by atoms with van der Waals surface area (Å²) in [6.45, 7) is 8.33. The van der Waals surface area contributed by atoms with Gasteiger partial charge in [-0.25, -0.2) is 4.98 Å². The second-order valence-electron chi connectivity index (χ2n) is 5.27. The average molecular weight is 266 g/mol. The third kappa shape index (κ3) is 2.58. The van der Waals surface area contributed by atoms with Gasteiger partial charge in [0.15, 0.2) is 10.9 Å². The standard InChI is InChI=1S/C14H22N2OS/c1-4-14(5-2)6-8-16(9-7-14)13-15-12(10-18-13)11(3)17/h10H,4-9H2,1-3H3. The van der Waals surface area contributed by atoms with Crippen LogP contribution in [-0.2, 0) is 0 Å². The van der Waals surface area contributed by atoms with Crippen LogP contribution >= 0.6 is 11.3 Å². The molecule has 0 saturated carbocycles. The van der Waals surface area contributed by atoms with Gasteiger partial charge < -0.3 is 4.90 Å². The fourth-order valence-corrected chi connectivity index (χ4v) is 3.62. The Kier molecular flexibility index (Phi) is 4.05. The number of nitrogens with zero attached hydrogens (tertiary/aromatic N) is 2. The van der Waals surface area contributed by atoms with Crippen molar-refractivity contribution in [2.24, 2.45) is 5.41 Å². The number of piperidine rings is 1. The maximum atomic E-state index is 11.3. The van der Waals surface area contributed by atoms with Gasteiger partial charge in [-0.1, -0.05) is 26.7 Å². The Balaban J connectivity index is 2.02. The minimum absolute atomic E-state index is 0.0611. The van der Waals surface area contributed by atoms with Crippen molar-refractivity contribution >= 4 is 22.3 Å². The van der Waals surface area contributed by atoms with Gasteiger partial charge in [0.25, 0.3) is 0 Å². The van der Waals surface area contributed by atoms with Crippen LogP contribution in [0.1, 0.15) is 56.9 Å². The van der Waals surface area contributed by atoms with Gasteiger partial charge in [-0.15, -0.1) is 11.3 Å². The Hall–Kier alpha value is -0.900. The van der Waals surface area contributed by atoms with Crippen LogP contribution in [0, 0.1) is 5.41 Å². The number of anilines is 1. The van der Waals surface area contributed by atoms with Crippen LogP contribution in [0.4, 0.5) is 5.13 Å². The maximum Gasteiger partial charge on any atom is 0.185 e. The Morgan fingerprint density at radius 1 is 1.39 bits per heavy atom. The number of thiazole rings is 1. The third-order valence-electron chi connectivity index (χ3n) is 4.45. The normalized spacial score (nSPS) is 18.9. The fourth-order valence-electron chi connectivity index (χ4n) is 2.70. The zero-order chi connectivity index (χ0) is 13.2. The lowest BCUT2D eigenvalue weighted by molar-refractivity contribution is 0.101. The van der Waals surface area contributed by atoms with E-state index in [2.05, 4.69) is 23.7 Å². The van der Waals surface area contributed by atoms with Crippen LogP contribution in [0.3, 0.4) is 0 Å². The van der Waals surface area contributed by atoms with Crippen molar-refractivity contribution in [2.75, 3.05) is 18.0 Å². The highest BCUT2D eigenvalue weighted by molar-refractivity contribution is 7.13. The smallest absolute Gasteiger partial charge is 0.185 e. The summed E-state index contributed by atoms with van der Waals surface area (Å²) in [5, 5.41) is 2.89. The van der Waals surface area contributed by atoms with Crippen LogP contribution < -0.4 is 4.90 Å². The highest BCUT2D eigenvalue weighted by Crippen LogP contribution is 2.39. The Morgan fingerprint density at radius 3 is 2.44 bits per heavy atom. The maximum absolute atomic E-state index is 11.3. The number of aromatic nitrogens is 1. The van der Waals surface area contributed by atoms with Crippen LogP contribution in [0.15, 0.2) is 5.38 Å². The Labute approximate surface area is 113 Å². The Morgan fingerprint density at radius 2 is 2.00 bits per heavy atom. The predicted molar refractivity (Wildman–Crippen MR) is 76.6 cm³/mol. The van der Waals surface area contributed by atoms with Gasteiger partial charge in [-0.2, -0.15) is 0 Å². The molecule has 0 unspecified atom stereocenters. The molecule has 0 N–H and O–H groups in total. The van der Waals surface area contributed by atoms with Crippen LogP contribution in [-0.4, -0.2) is 23.9 Å². The van der Waals surface area contributed by atoms with Gasteiger partial charge in [0.05, 0.1) is 0 Å². The lowest BCUT2D eigenvalue weighted by Crippen LogP contribution is -2.39. The minimum atomic E-state index is 0.0611. The molecule has 0 atom stereocenters. The van der Waals surface area contributed by atoms with Crippen molar-refractivity contribution in [1.82, 2.24) is 4.98 Å². The first-order valence-corrected chi connectivity index (χ1v) is 7.69. The van der Waals surface area contributed by atoms with Crippen molar-refractivity contribution in [3.05, 3.63) is 11.1 Å². The first-order chi connectivity index (χ1) is 8.60. The predicted octanol–water partition coefficient (Wildman–Crippen LogP) is 3.75. The second-order valence-corrected chi connectivity index (χ2v) is 6.10. The summed E-state index contributed by atoms with van der Waals surface area (Å²) in [6, 6.07) is 0. The van der Waals surface area contributed by atoms with Crippen molar-refractivity contribution < 1.29 is 4.79 Å². The van der Waals surface area contributed by atoms with E-state index >= 15 is 0 Å². The number of hydrogen-bond donors (Lipinski definition) is 0. The molecule has 1 aromatic heterocycles. The molecule has 1 saturated heterocycles. The fraction of sp³-hybridized carbons (Fsp3) is 0.714. The lowest BCUT2D eigenvalue weighted by Gasteiger charge is -2.40. The zero-order valence-electron chi connectivity index (χ0n) is 11.5. The number of Topliss-reactive ketones (excluding diaryl/α,β-unsaturated/α-hetero) is 1. The number of carbonyl (C=O) groups is 1. The van der Waals surface area contributed by atoms with Crippen molar-refractivity contribution in [3.8, 4) is 0 Å². The van der Waals surface area contributed by atoms with Gasteiger partial charge in [-0.3, -0.25) is 4.79 Å². The summed E-state index contributed by atoms with van der Waals surface area (Å²) in [4.78, 5) is 18.0. The van der Waals surface area contributed by atoms with Gasteiger partial charge in [-0.05, 0) is 18.3 Å². The van der Waals surface area contributed by atoms with Gasteiger partial charge >= 0.3 is 0 Å². The molecule has 3 nitrogen and oxygen atoms in total. The summed E-state index contributed by atoms with van der Waals surface area (Å²) in [6.07, 6.45) is 5.03. The first-order valence-electron chi connectivity index (χ1n) is 6.81. The third-order valence-corrected chi connectivity index (χ3v) is 5.35. The number of rotatable bonds is 4. The van der Waals surface area contributed by atoms with Crippen LogP contribution in [0.5, 0.6) is 0 Å². The number of carbonyl (C=O) groups excluding carboxylic acids is 1. The molecule has 100 valence electrons. The van der Waals surface area contributed by atoms with Gasteiger partial charge in [0, 0.05) is 25.4 Å². The van der Waals surface area contributed by atoms with Gasteiger partial charge in [0.2, 0.25) is 0 Å². The molecule has 18 heavy (non-hydrogen) atoms.